The zero-order chi connectivity index (χ0) is 12.2. The highest BCUT2D eigenvalue weighted by atomic mass is 33.8. The molecule has 7 heteroatoms. The zero-order valence-corrected chi connectivity index (χ0v) is 13.2. The topological polar surface area (TPSA) is 25.8 Å². The summed E-state index contributed by atoms with van der Waals surface area (Å²) in [6.07, 6.45) is 4.39. The molecule has 1 aliphatic rings. The zero-order valence-electron chi connectivity index (χ0n) is 9.11. The fraction of sp³-hybridized carbons (Fsp3) is 0.0909. The quantitative estimate of drug-likeness (QED) is 0.705. The Hall–Kier alpha value is 0.0500. The Morgan fingerprint density at radius 1 is 0.889 bits per heavy atom. The molecule has 0 aliphatic carbocycles. The van der Waals surface area contributed by atoms with Crippen molar-refractivity contribution in [1.82, 2.24) is 9.97 Å². The van der Waals surface area contributed by atoms with Gasteiger partial charge in [0.25, 0.3) is 0 Å². The fourth-order valence-electron chi connectivity index (χ4n) is 1.56. The van der Waals surface area contributed by atoms with Gasteiger partial charge in [0, 0.05) is 28.6 Å². The molecule has 1 aromatic carbocycles. The third-order valence-electron chi connectivity index (χ3n) is 2.32. The van der Waals surface area contributed by atoms with Crippen molar-refractivity contribution in [3.63, 3.8) is 0 Å². The van der Waals surface area contributed by atoms with Crippen molar-refractivity contribution in [1.29, 1.82) is 0 Å². The summed E-state index contributed by atoms with van der Waals surface area (Å²) >= 11 is 0. The number of fused-ring (bicyclic) bond motifs is 1. The predicted molar refractivity (Wildman–Crippen MR) is 85.8 cm³/mol. The number of hydrogen-bond donors (Lipinski definition) is 0. The summed E-state index contributed by atoms with van der Waals surface area (Å²) in [7, 11) is 9.12. The molecule has 0 saturated heterocycles. The minimum Gasteiger partial charge on any atom is -0.241 e. The summed E-state index contributed by atoms with van der Waals surface area (Å²) in [4.78, 5) is 11.3. The summed E-state index contributed by atoms with van der Waals surface area (Å²) in [6, 6.07) is 8.32. The van der Waals surface area contributed by atoms with Crippen LogP contribution in [0.2, 0.25) is 0 Å². The maximum atomic E-state index is 4.30. The van der Waals surface area contributed by atoms with E-state index in [1.165, 1.54) is 15.4 Å². The molecular formula is C11H8N2S5. The van der Waals surface area contributed by atoms with Crippen molar-refractivity contribution >= 4 is 51.1 Å². The van der Waals surface area contributed by atoms with Crippen molar-refractivity contribution in [3.8, 4) is 0 Å². The van der Waals surface area contributed by atoms with Crippen molar-refractivity contribution in [2.45, 2.75) is 16.2 Å². The van der Waals surface area contributed by atoms with Crippen LogP contribution in [0, 0.1) is 0 Å². The minimum absolute atomic E-state index is 0.799. The first-order valence-electron chi connectivity index (χ1n) is 5.16. The second-order valence-corrected chi connectivity index (χ2v) is 10.9. The SMILES string of the molecule is c1cnc(Cc2cccc3c2SSSSS3)nc1. The Morgan fingerprint density at radius 2 is 1.72 bits per heavy atom. The molecule has 2 heterocycles. The lowest BCUT2D eigenvalue weighted by atomic mass is 10.1. The van der Waals surface area contributed by atoms with Crippen LogP contribution < -0.4 is 0 Å². The second kappa shape index (κ2) is 6.47. The van der Waals surface area contributed by atoms with Crippen molar-refractivity contribution in [2.75, 3.05) is 0 Å². The molecular weight excluding hydrogens is 320 g/mol. The van der Waals surface area contributed by atoms with E-state index >= 15 is 0 Å². The van der Waals surface area contributed by atoms with E-state index in [0.29, 0.717) is 0 Å². The first kappa shape index (κ1) is 13.1. The summed E-state index contributed by atoms with van der Waals surface area (Å²) in [6.45, 7) is 0. The van der Waals surface area contributed by atoms with Gasteiger partial charge < -0.3 is 0 Å². The summed E-state index contributed by atoms with van der Waals surface area (Å²) in [5.41, 5.74) is 1.31. The third-order valence-corrected chi connectivity index (χ3v) is 10.9. The number of rotatable bonds is 2. The third kappa shape index (κ3) is 3.14. The van der Waals surface area contributed by atoms with Crippen LogP contribution in [0.5, 0.6) is 0 Å². The van der Waals surface area contributed by atoms with E-state index in [1.807, 2.05) is 57.1 Å². The summed E-state index contributed by atoms with van der Waals surface area (Å²) < 4.78 is 0. The minimum atomic E-state index is 0.799. The van der Waals surface area contributed by atoms with Gasteiger partial charge in [-0.2, -0.15) is 0 Å². The highest BCUT2D eigenvalue weighted by Gasteiger charge is 2.15. The van der Waals surface area contributed by atoms with Gasteiger partial charge in [-0.1, -0.05) is 12.1 Å². The lowest BCUT2D eigenvalue weighted by molar-refractivity contribution is 0.941. The van der Waals surface area contributed by atoms with Crippen LogP contribution in [-0.4, -0.2) is 9.97 Å². The highest BCUT2D eigenvalue weighted by molar-refractivity contribution is 9.36. The van der Waals surface area contributed by atoms with Gasteiger partial charge in [-0.25, -0.2) is 9.97 Å². The Bertz CT molecular complexity index is 534. The molecule has 0 radical (unpaired) electrons. The van der Waals surface area contributed by atoms with Crippen molar-refractivity contribution in [2.24, 2.45) is 0 Å². The van der Waals surface area contributed by atoms with Crippen molar-refractivity contribution in [3.05, 3.63) is 48.0 Å². The van der Waals surface area contributed by atoms with E-state index in [-0.39, 0.29) is 0 Å². The molecule has 0 N–H and O–H groups in total. The first-order chi connectivity index (χ1) is 8.93. The van der Waals surface area contributed by atoms with Crippen LogP contribution in [0.15, 0.2) is 46.5 Å². The van der Waals surface area contributed by atoms with Crippen LogP contribution in [0.3, 0.4) is 0 Å². The monoisotopic (exact) mass is 328 g/mol. The molecule has 18 heavy (non-hydrogen) atoms. The van der Waals surface area contributed by atoms with E-state index in [9.17, 15) is 0 Å². The van der Waals surface area contributed by atoms with Crippen LogP contribution in [-0.2, 0) is 6.42 Å². The second-order valence-electron chi connectivity index (χ2n) is 3.46. The molecule has 92 valence electrons. The molecule has 0 spiro atoms. The predicted octanol–water partition coefficient (Wildman–Crippen LogP) is 5.12. The lowest BCUT2D eigenvalue weighted by Gasteiger charge is -2.08. The lowest BCUT2D eigenvalue weighted by Crippen LogP contribution is -1.96. The van der Waals surface area contributed by atoms with Gasteiger partial charge in [0.1, 0.15) is 5.82 Å². The normalized spacial score (nSPS) is 14.9. The first-order valence-corrected chi connectivity index (χ1v) is 11.3. The molecule has 0 atom stereocenters. The smallest absolute Gasteiger partial charge is 0.132 e. The number of hydrogen-bond acceptors (Lipinski definition) is 7. The summed E-state index contributed by atoms with van der Waals surface area (Å²) in [5, 5.41) is 0. The number of nitrogens with zero attached hydrogens (tertiary/aromatic N) is 2. The van der Waals surface area contributed by atoms with E-state index in [1.54, 1.807) is 12.4 Å². The standard InChI is InChI=1S/C11H8N2S5/c1-3-8(7-10-12-5-2-6-13-10)11-9(4-1)14-16-18-17-15-11/h1-6H,7H2. The average Bonchev–Trinajstić information content (AvgIpc) is 2.66. The molecule has 1 aliphatic heterocycles. The largest absolute Gasteiger partial charge is 0.241 e. The van der Waals surface area contributed by atoms with Crippen LogP contribution in [0.1, 0.15) is 11.4 Å². The van der Waals surface area contributed by atoms with Crippen LogP contribution >= 0.6 is 51.1 Å². The molecule has 1 aromatic heterocycles. The van der Waals surface area contributed by atoms with Gasteiger partial charge in [0.2, 0.25) is 0 Å². The van der Waals surface area contributed by atoms with Crippen LogP contribution in [0.25, 0.3) is 0 Å². The fourth-order valence-corrected chi connectivity index (χ4v) is 10.7. The average molecular weight is 329 g/mol. The number of aromatic nitrogens is 2. The molecule has 0 unspecified atom stereocenters. The molecule has 0 amide bonds. The van der Waals surface area contributed by atoms with E-state index in [2.05, 4.69) is 28.2 Å². The molecule has 2 nitrogen and oxygen atoms in total. The van der Waals surface area contributed by atoms with Gasteiger partial charge >= 0.3 is 0 Å². The van der Waals surface area contributed by atoms with E-state index in [4.69, 9.17) is 0 Å². The molecule has 0 fully saturated rings. The van der Waals surface area contributed by atoms with Crippen LogP contribution in [0.4, 0.5) is 0 Å². The highest BCUT2D eigenvalue weighted by Crippen LogP contribution is 2.59. The molecule has 0 saturated carbocycles. The van der Waals surface area contributed by atoms with E-state index < -0.39 is 0 Å². The molecule has 2 aromatic rings. The van der Waals surface area contributed by atoms with Crippen molar-refractivity contribution < 1.29 is 0 Å². The Labute approximate surface area is 125 Å². The Kier molecular flexibility index (Phi) is 4.69. The van der Waals surface area contributed by atoms with Gasteiger partial charge in [-0.3, -0.25) is 0 Å². The maximum Gasteiger partial charge on any atom is 0.132 e. The summed E-state index contributed by atoms with van der Waals surface area (Å²) in [5.74, 6) is 0.881. The van der Waals surface area contributed by atoms with E-state index in [0.717, 1.165) is 12.2 Å². The molecule has 0 bridgehead atoms. The Balaban J connectivity index is 1.92. The van der Waals surface area contributed by atoms with Gasteiger partial charge in [-0.15, -0.1) is 0 Å². The maximum absolute atomic E-state index is 4.30. The number of benzene rings is 1. The van der Waals surface area contributed by atoms with Gasteiger partial charge in [0.15, 0.2) is 0 Å². The van der Waals surface area contributed by atoms with Gasteiger partial charge in [0.05, 0.1) is 0 Å². The van der Waals surface area contributed by atoms with Gasteiger partial charge in [-0.05, 0) is 68.8 Å². The molecule has 3 rings (SSSR count). The Morgan fingerprint density at radius 3 is 2.61 bits per heavy atom.